The summed E-state index contributed by atoms with van der Waals surface area (Å²) in [6.45, 7) is 3.51. The third-order valence-corrected chi connectivity index (χ3v) is 4.38. The van der Waals surface area contributed by atoms with Crippen molar-refractivity contribution in [3.8, 4) is 0 Å². The molecule has 0 aromatic heterocycles. The Hall–Kier alpha value is -2.46. The Bertz CT molecular complexity index is 738. The molecular formula is C14H17N3O6S. The summed E-state index contributed by atoms with van der Waals surface area (Å²) in [6.07, 6.45) is 6.01. The second-order valence-electron chi connectivity index (χ2n) is 5.01. The van der Waals surface area contributed by atoms with Gasteiger partial charge in [-0.25, -0.2) is 13.2 Å². The fraction of sp³-hybridized carbons (Fsp3) is 0.357. The number of fused-ring (bicyclic) bond motifs is 1. The Labute approximate surface area is 139 Å². The van der Waals surface area contributed by atoms with Crippen LogP contribution in [-0.4, -0.2) is 67.7 Å². The molecule has 2 aliphatic rings. The van der Waals surface area contributed by atoms with E-state index in [1.165, 1.54) is 17.1 Å². The van der Waals surface area contributed by atoms with Crippen LogP contribution in [0.1, 0.15) is 0 Å². The van der Waals surface area contributed by atoms with Gasteiger partial charge in [-0.15, -0.1) is 11.0 Å². The van der Waals surface area contributed by atoms with E-state index < -0.39 is 27.9 Å². The van der Waals surface area contributed by atoms with Gasteiger partial charge in [0.25, 0.3) is 15.9 Å². The highest BCUT2D eigenvalue weighted by Gasteiger charge is 2.31. The normalized spacial score (nSPS) is 19.6. The summed E-state index contributed by atoms with van der Waals surface area (Å²) in [4.78, 5) is 25.1. The molecule has 2 heterocycles. The van der Waals surface area contributed by atoms with Gasteiger partial charge in [-0.2, -0.15) is 0 Å². The Kier molecular flexibility index (Phi) is 5.52. The summed E-state index contributed by atoms with van der Waals surface area (Å²) in [5, 5.41) is 11.4. The molecule has 0 saturated carbocycles. The quantitative estimate of drug-likeness (QED) is 0.455. The van der Waals surface area contributed by atoms with Gasteiger partial charge in [-0.3, -0.25) is 4.79 Å². The molecule has 1 unspecified atom stereocenters. The van der Waals surface area contributed by atoms with Gasteiger partial charge >= 0.3 is 5.97 Å². The van der Waals surface area contributed by atoms with E-state index in [-0.39, 0.29) is 36.9 Å². The standard InChI is InChI=1S/C14H17N3O6S/c1-2-7-23-9-11(14(19)20)15-13(18)10-4-3-5-17-6-8-24(21,22)16-12(10)17/h2-5,11H,1,6-9H2,(H,15,18)(H,19,20). The van der Waals surface area contributed by atoms with Crippen molar-refractivity contribution in [2.45, 2.75) is 6.04 Å². The molecule has 0 radical (unpaired) electrons. The van der Waals surface area contributed by atoms with Crippen molar-refractivity contribution in [2.75, 3.05) is 25.5 Å². The molecular weight excluding hydrogens is 338 g/mol. The van der Waals surface area contributed by atoms with Gasteiger partial charge in [0.05, 0.1) is 24.5 Å². The van der Waals surface area contributed by atoms with Crippen LogP contribution in [0.4, 0.5) is 0 Å². The number of rotatable bonds is 7. The number of hydrogen-bond donors (Lipinski definition) is 2. The first-order valence-corrected chi connectivity index (χ1v) is 8.65. The number of carboxylic acids is 1. The van der Waals surface area contributed by atoms with Crippen molar-refractivity contribution in [3.63, 3.8) is 0 Å². The van der Waals surface area contributed by atoms with Gasteiger partial charge < -0.3 is 20.1 Å². The molecule has 2 rings (SSSR count). The predicted octanol–water partition coefficient (Wildman–Crippen LogP) is -0.744. The summed E-state index contributed by atoms with van der Waals surface area (Å²) in [6, 6.07) is -1.28. The van der Waals surface area contributed by atoms with E-state index in [0.29, 0.717) is 0 Å². The van der Waals surface area contributed by atoms with Crippen LogP contribution in [0.5, 0.6) is 0 Å². The van der Waals surface area contributed by atoms with Crippen LogP contribution in [0.15, 0.2) is 41.0 Å². The second kappa shape index (κ2) is 7.41. The molecule has 0 bridgehead atoms. The number of ether oxygens (including phenoxy) is 1. The number of amidine groups is 1. The average molecular weight is 355 g/mol. The maximum atomic E-state index is 12.4. The van der Waals surface area contributed by atoms with Crippen molar-refractivity contribution < 1.29 is 27.9 Å². The van der Waals surface area contributed by atoms with E-state index in [4.69, 9.17) is 9.84 Å². The lowest BCUT2D eigenvalue weighted by atomic mass is 10.1. The Morgan fingerprint density at radius 2 is 2.29 bits per heavy atom. The number of nitrogens with one attached hydrogen (secondary N) is 1. The minimum atomic E-state index is -3.64. The molecule has 2 aliphatic heterocycles. The molecule has 1 amide bonds. The highest BCUT2D eigenvalue weighted by Crippen LogP contribution is 2.17. The van der Waals surface area contributed by atoms with Gasteiger partial charge in [0.1, 0.15) is 0 Å². The first kappa shape index (κ1) is 17.9. The monoisotopic (exact) mass is 355 g/mol. The van der Waals surface area contributed by atoms with Gasteiger partial charge in [0.15, 0.2) is 11.9 Å². The van der Waals surface area contributed by atoms with Crippen LogP contribution in [0.25, 0.3) is 0 Å². The largest absolute Gasteiger partial charge is 0.480 e. The van der Waals surface area contributed by atoms with Crippen LogP contribution >= 0.6 is 0 Å². The summed E-state index contributed by atoms with van der Waals surface area (Å²) in [5.74, 6) is -2.18. The fourth-order valence-corrected chi connectivity index (χ4v) is 3.06. The average Bonchev–Trinajstić information content (AvgIpc) is 2.52. The number of amides is 1. The lowest BCUT2D eigenvalue weighted by Crippen LogP contribution is -2.48. The Morgan fingerprint density at radius 3 is 2.96 bits per heavy atom. The predicted molar refractivity (Wildman–Crippen MR) is 85.7 cm³/mol. The fourth-order valence-electron chi connectivity index (χ4n) is 2.07. The Morgan fingerprint density at radius 1 is 1.54 bits per heavy atom. The number of sulfonamides is 1. The SMILES string of the molecule is C=CCOCC(NC(=O)C1=CC=CN2CCS(=O)(=O)N=C12)C(=O)O. The van der Waals surface area contributed by atoms with Crippen molar-refractivity contribution in [1.82, 2.24) is 10.2 Å². The number of carboxylic acid groups (broad SMARTS) is 1. The van der Waals surface area contributed by atoms with E-state index in [1.807, 2.05) is 0 Å². The number of nitrogens with zero attached hydrogens (tertiary/aromatic N) is 2. The third kappa shape index (κ3) is 4.30. The van der Waals surface area contributed by atoms with Gasteiger partial charge in [-0.05, 0) is 12.2 Å². The van der Waals surface area contributed by atoms with Gasteiger partial charge in [0, 0.05) is 12.7 Å². The zero-order valence-electron chi connectivity index (χ0n) is 12.7. The molecule has 24 heavy (non-hydrogen) atoms. The van der Waals surface area contributed by atoms with E-state index in [0.717, 1.165) is 0 Å². The van der Waals surface area contributed by atoms with Crippen molar-refractivity contribution in [1.29, 1.82) is 0 Å². The molecule has 9 nitrogen and oxygen atoms in total. The summed E-state index contributed by atoms with van der Waals surface area (Å²) < 4.78 is 32.0. The molecule has 0 aromatic carbocycles. The Balaban J connectivity index is 2.16. The number of carbonyl (C=O) groups is 2. The molecule has 0 saturated heterocycles. The number of aliphatic carboxylic acids is 1. The lowest BCUT2D eigenvalue weighted by Gasteiger charge is -2.29. The van der Waals surface area contributed by atoms with Gasteiger partial charge in [0.2, 0.25) is 0 Å². The zero-order valence-corrected chi connectivity index (χ0v) is 13.5. The summed E-state index contributed by atoms with van der Waals surface area (Å²) in [7, 11) is -3.64. The molecule has 2 N–H and O–H groups in total. The van der Waals surface area contributed by atoms with E-state index >= 15 is 0 Å². The minimum Gasteiger partial charge on any atom is -0.480 e. The smallest absolute Gasteiger partial charge is 0.328 e. The van der Waals surface area contributed by atoms with E-state index in [9.17, 15) is 18.0 Å². The van der Waals surface area contributed by atoms with E-state index in [2.05, 4.69) is 16.3 Å². The van der Waals surface area contributed by atoms with Crippen LogP contribution in [0.2, 0.25) is 0 Å². The van der Waals surface area contributed by atoms with Crippen LogP contribution in [0, 0.1) is 0 Å². The first-order chi connectivity index (χ1) is 11.3. The maximum Gasteiger partial charge on any atom is 0.328 e. The number of hydrogen-bond acceptors (Lipinski definition) is 6. The maximum absolute atomic E-state index is 12.4. The lowest BCUT2D eigenvalue weighted by molar-refractivity contribution is -0.142. The zero-order chi connectivity index (χ0) is 17.7. The molecule has 0 fully saturated rings. The van der Waals surface area contributed by atoms with Crippen molar-refractivity contribution in [2.24, 2.45) is 4.40 Å². The van der Waals surface area contributed by atoms with Crippen LogP contribution in [-0.2, 0) is 24.3 Å². The van der Waals surface area contributed by atoms with Crippen molar-refractivity contribution in [3.05, 3.63) is 36.6 Å². The highest BCUT2D eigenvalue weighted by atomic mass is 32.2. The van der Waals surface area contributed by atoms with Crippen LogP contribution in [0.3, 0.4) is 0 Å². The van der Waals surface area contributed by atoms with Crippen LogP contribution < -0.4 is 5.32 Å². The highest BCUT2D eigenvalue weighted by molar-refractivity contribution is 7.90. The number of allylic oxidation sites excluding steroid dienone is 2. The molecule has 0 aromatic rings. The van der Waals surface area contributed by atoms with Gasteiger partial charge in [-0.1, -0.05) is 6.08 Å². The topological polar surface area (TPSA) is 125 Å². The van der Waals surface area contributed by atoms with E-state index in [1.54, 1.807) is 12.3 Å². The molecule has 0 aliphatic carbocycles. The first-order valence-electron chi connectivity index (χ1n) is 7.04. The summed E-state index contributed by atoms with van der Waals surface area (Å²) >= 11 is 0. The summed E-state index contributed by atoms with van der Waals surface area (Å²) in [5.41, 5.74) is -0.0178. The molecule has 0 spiro atoms. The molecule has 10 heteroatoms. The molecule has 130 valence electrons. The third-order valence-electron chi connectivity index (χ3n) is 3.23. The number of carbonyl (C=O) groups excluding carboxylic acids is 1. The van der Waals surface area contributed by atoms with Crippen molar-refractivity contribution >= 4 is 27.7 Å². The second-order valence-corrected chi connectivity index (χ2v) is 6.76. The molecule has 1 atom stereocenters. The minimum absolute atomic E-state index is 0.0163.